The van der Waals surface area contributed by atoms with Crippen LogP contribution in [0.15, 0.2) is 48.5 Å². The number of carbonyl (C=O) groups is 1. The molecule has 2 aliphatic rings. The van der Waals surface area contributed by atoms with Crippen LogP contribution in [-0.2, 0) is 6.42 Å². The summed E-state index contributed by atoms with van der Waals surface area (Å²) in [5.41, 5.74) is 2.12. The van der Waals surface area contributed by atoms with Crippen molar-refractivity contribution in [1.82, 2.24) is 10.2 Å². The van der Waals surface area contributed by atoms with Gasteiger partial charge in [0, 0.05) is 31.9 Å². The summed E-state index contributed by atoms with van der Waals surface area (Å²) in [4.78, 5) is 16.6. The van der Waals surface area contributed by atoms with E-state index in [-0.39, 0.29) is 17.9 Å². The molecule has 0 radical (unpaired) electrons. The van der Waals surface area contributed by atoms with E-state index in [4.69, 9.17) is 4.74 Å². The SMILES string of the molecule is O=C(N[C@@H]1COc2ccccc2C1)N1CCN(c2ccc(F)cc2)CC1. The number of halogens is 1. The van der Waals surface area contributed by atoms with E-state index < -0.39 is 0 Å². The Morgan fingerprint density at radius 1 is 1.04 bits per heavy atom. The third kappa shape index (κ3) is 3.59. The number of amides is 2. The maximum Gasteiger partial charge on any atom is 0.317 e. The number of anilines is 1. The fourth-order valence-electron chi connectivity index (χ4n) is 3.51. The summed E-state index contributed by atoms with van der Waals surface area (Å²) in [6.07, 6.45) is 0.789. The van der Waals surface area contributed by atoms with Crippen molar-refractivity contribution in [1.29, 1.82) is 0 Å². The average molecular weight is 355 g/mol. The molecule has 6 heteroatoms. The second-order valence-corrected chi connectivity index (χ2v) is 6.72. The molecule has 0 spiro atoms. The fraction of sp³-hybridized carbons (Fsp3) is 0.350. The van der Waals surface area contributed by atoms with Gasteiger partial charge in [-0.3, -0.25) is 0 Å². The Bertz CT molecular complexity index is 773. The smallest absolute Gasteiger partial charge is 0.317 e. The minimum atomic E-state index is -0.233. The highest BCUT2D eigenvalue weighted by molar-refractivity contribution is 5.75. The van der Waals surface area contributed by atoms with Gasteiger partial charge in [0.15, 0.2) is 0 Å². The summed E-state index contributed by atoms with van der Waals surface area (Å²) in [6, 6.07) is 14.4. The van der Waals surface area contributed by atoms with Crippen LogP contribution in [0.5, 0.6) is 5.75 Å². The van der Waals surface area contributed by atoms with E-state index in [1.165, 1.54) is 12.1 Å². The van der Waals surface area contributed by atoms with Gasteiger partial charge in [-0.05, 0) is 42.3 Å². The molecule has 0 aliphatic carbocycles. The van der Waals surface area contributed by atoms with Crippen molar-refractivity contribution in [3.63, 3.8) is 0 Å². The Morgan fingerprint density at radius 2 is 1.77 bits per heavy atom. The first kappa shape index (κ1) is 16.7. The van der Waals surface area contributed by atoms with E-state index >= 15 is 0 Å². The van der Waals surface area contributed by atoms with E-state index in [1.54, 1.807) is 12.1 Å². The third-order valence-corrected chi connectivity index (χ3v) is 4.97. The number of carbonyl (C=O) groups excluding carboxylic acids is 1. The molecule has 2 amide bonds. The molecule has 0 saturated carbocycles. The average Bonchev–Trinajstić information content (AvgIpc) is 2.68. The topological polar surface area (TPSA) is 44.8 Å². The minimum absolute atomic E-state index is 0.00692. The van der Waals surface area contributed by atoms with E-state index in [0.29, 0.717) is 19.7 Å². The van der Waals surface area contributed by atoms with E-state index in [2.05, 4.69) is 10.2 Å². The maximum absolute atomic E-state index is 13.0. The molecule has 0 aromatic heterocycles. The van der Waals surface area contributed by atoms with Crippen molar-refractivity contribution < 1.29 is 13.9 Å². The second kappa shape index (κ2) is 7.23. The van der Waals surface area contributed by atoms with Crippen LogP contribution in [0.3, 0.4) is 0 Å². The number of piperazine rings is 1. The lowest BCUT2D eigenvalue weighted by Gasteiger charge is -2.37. The molecule has 2 aliphatic heterocycles. The molecule has 0 bridgehead atoms. The maximum atomic E-state index is 13.0. The Labute approximate surface area is 152 Å². The zero-order valence-electron chi connectivity index (χ0n) is 14.5. The van der Waals surface area contributed by atoms with Crippen molar-refractivity contribution in [2.75, 3.05) is 37.7 Å². The Morgan fingerprint density at radius 3 is 2.54 bits per heavy atom. The van der Waals surface area contributed by atoms with Crippen LogP contribution < -0.4 is 15.0 Å². The normalized spacial score (nSPS) is 19.5. The van der Waals surface area contributed by atoms with Gasteiger partial charge in [0.1, 0.15) is 18.2 Å². The molecule has 2 aromatic carbocycles. The summed E-state index contributed by atoms with van der Waals surface area (Å²) in [5.74, 6) is 0.675. The van der Waals surface area contributed by atoms with Crippen molar-refractivity contribution in [3.8, 4) is 5.75 Å². The Kier molecular flexibility index (Phi) is 4.65. The lowest BCUT2D eigenvalue weighted by atomic mass is 10.0. The van der Waals surface area contributed by atoms with Gasteiger partial charge in [0.05, 0.1) is 6.04 Å². The number of hydrogen-bond donors (Lipinski definition) is 1. The summed E-state index contributed by atoms with van der Waals surface area (Å²) in [5, 5.41) is 3.09. The largest absolute Gasteiger partial charge is 0.491 e. The molecule has 1 atom stereocenters. The first-order valence-electron chi connectivity index (χ1n) is 8.96. The van der Waals surface area contributed by atoms with Crippen molar-refractivity contribution in [3.05, 3.63) is 59.9 Å². The molecule has 0 unspecified atom stereocenters. The van der Waals surface area contributed by atoms with Gasteiger partial charge in [-0.15, -0.1) is 0 Å². The van der Waals surface area contributed by atoms with Crippen LogP contribution in [-0.4, -0.2) is 49.8 Å². The van der Waals surface area contributed by atoms with E-state index in [1.807, 2.05) is 29.2 Å². The van der Waals surface area contributed by atoms with Crippen molar-refractivity contribution in [2.45, 2.75) is 12.5 Å². The predicted molar refractivity (Wildman–Crippen MR) is 98.1 cm³/mol. The number of benzene rings is 2. The number of urea groups is 1. The highest BCUT2D eigenvalue weighted by Gasteiger charge is 2.26. The predicted octanol–water partition coefficient (Wildman–Crippen LogP) is 2.66. The zero-order valence-corrected chi connectivity index (χ0v) is 14.5. The van der Waals surface area contributed by atoms with Crippen LogP contribution in [0, 0.1) is 5.82 Å². The zero-order chi connectivity index (χ0) is 17.9. The first-order valence-corrected chi connectivity index (χ1v) is 8.96. The first-order chi connectivity index (χ1) is 12.7. The van der Waals surface area contributed by atoms with Gasteiger partial charge < -0.3 is 19.9 Å². The molecule has 4 rings (SSSR count). The molecule has 5 nitrogen and oxygen atoms in total. The molecule has 26 heavy (non-hydrogen) atoms. The summed E-state index contributed by atoms with van der Waals surface area (Å²) < 4.78 is 18.8. The summed E-state index contributed by atoms with van der Waals surface area (Å²) >= 11 is 0. The highest BCUT2D eigenvalue weighted by Crippen LogP contribution is 2.24. The van der Waals surface area contributed by atoms with Gasteiger partial charge in [-0.1, -0.05) is 18.2 Å². The lowest BCUT2D eigenvalue weighted by molar-refractivity contribution is 0.178. The number of rotatable bonds is 2. The van der Waals surface area contributed by atoms with Crippen LogP contribution in [0.2, 0.25) is 0 Å². The summed E-state index contributed by atoms with van der Waals surface area (Å²) in [7, 11) is 0. The van der Waals surface area contributed by atoms with Gasteiger partial charge in [0.2, 0.25) is 0 Å². The third-order valence-electron chi connectivity index (χ3n) is 4.97. The molecule has 1 saturated heterocycles. The lowest BCUT2D eigenvalue weighted by Crippen LogP contribution is -2.55. The minimum Gasteiger partial charge on any atom is -0.491 e. The van der Waals surface area contributed by atoms with Crippen LogP contribution in [0.25, 0.3) is 0 Å². The highest BCUT2D eigenvalue weighted by atomic mass is 19.1. The van der Waals surface area contributed by atoms with Gasteiger partial charge >= 0.3 is 6.03 Å². The van der Waals surface area contributed by atoms with Crippen LogP contribution in [0.1, 0.15) is 5.56 Å². The number of nitrogens with zero attached hydrogens (tertiary/aromatic N) is 2. The van der Waals surface area contributed by atoms with Crippen molar-refractivity contribution >= 4 is 11.7 Å². The molecular formula is C20H22FN3O2. The standard InChI is InChI=1S/C20H22FN3O2/c21-16-5-7-18(8-6-16)23-9-11-24(12-10-23)20(25)22-17-13-15-3-1-2-4-19(15)26-14-17/h1-8,17H,9-14H2,(H,22,25)/t17-/m0/s1. The van der Waals surface area contributed by atoms with Crippen LogP contribution >= 0.6 is 0 Å². The molecule has 1 N–H and O–H groups in total. The Balaban J connectivity index is 1.29. The number of ether oxygens (including phenoxy) is 1. The van der Waals surface area contributed by atoms with Crippen LogP contribution in [0.4, 0.5) is 14.9 Å². The van der Waals surface area contributed by atoms with E-state index in [0.717, 1.165) is 36.5 Å². The number of nitrogens with one attached hydrogen (secondary N) is 1. The summed E-state index contributed by atoms with van der Waals surface area (Å²) in [6.45, 7) is 3.27. The fourth-order valence-corrected chi connectivity index (χ4v) is 3.51. The van der Waals surface area contributed by atoms with E-state index in [9.17, 15) is 9.18 Å². The molecular weight excluding hydrogens is 333 g/mol. The molecule has 2 aromatic rings. The molecule has 1 fully saturated rings. The number of fused-ring (bicyclic) bond motifs is 1. The Hall–Kier alpha value is -2.76. The second-order valence-electron chi connectivity index (χ2n) is 6.72. The van der Waals surface area contributed by atoms with Gasteiger partial charge in [-0.25, -0.2) is 9.18 Å². The van der Waals surface area contributed by atoms with Gasteiger partial charge in [-0.2, -0.15) is 0 Å². The molecule has 136 valence electrons. The quantitative estimate of drug-likeness (QED) is 0.901. The monoisotopic (exact) mass is 355 g/mol. The van der Waals surface area contributed by atoms with Crippen molar-refractivity contribution in [2.24, 2.45) is 0 Å². The number of para-hydroxylation sites is 1. The number of hydrogen-bond acceptors (Lipinski definition) is 3. The molecule has 2 heterocycles. The van der Waals surface area contributed by atoms with Gasteiger partial charge in [0.25, 0.3) is 0 Å².